The van der Waals surface area contributed by atoms with Crippen LogP contribution in [-0.2, 0) is 0 Å². The van der Waals surface area contributed by atoms with Gasteiger partial charge in [-0.05, 0) is 104 Å². The van der Waals surface area contributed by atoms with Gasteiger partial charge in [-0.1, -0.05) is 182 Å². The Balaban J connectivity index is 0.879. The van der Waals surface area contributed by atoms with Crippen molar-refractivity contribution in [2.75, 3.05) is 0 Å². The van der Waals surface area contributed by atoms with Crippen LogP contribution in [0.5, 0.6) is 0 Å². The van der Waals surface area contributed by atoms with Gasteiger partial charge in [0.1, 0.15) is 0 Å². The number of hydrogen-bond donors (Lipinski definition) is 0. The summed E-state index contributed by atoms with van der Waals surface area (Å²) in [7, 11) is 0. The van der Waals surface area contributed by atoms with Crippen molar-refractivity contribution >= 4 is 54.4 Å². The number of fused-ring (bicyclic) bond motifs is 7. The zero-order valence-corrected chi connectivity index (χ0v) is 32.8. The van der Waals surface area contributed by atoms with E-state index in [2.05, 4.69) is 240 Å². The van der Waals surface area contributed by atoms with E-state index in [0.29, 0.717) is 0 Å². The third-order valence-corrected chi connectivity index (χ3v) is 12.4. The summed E-state index contributed by atoms with van der Waals surface area (Å²) in [4.78, 5) is 0. The summed E-state index contributed by atoms with van der Waals surface area (Å²) in [6.45, 7) is 0. The molecular weight excluding hydrogens is 725 g/mol. The summed E-state index contributed by atoms with van der Waals surface area (Å²) in [5.74, 6) is 0. The van der Waals surface area contributed by atoms with E-state index in [-0.39, 0.29) is 0 Å². The van der Waals surface area contributed by atoms with Crippen molar-refractivity contribution < 1.29 is 0 Å². The van der Waals surface area contributed by atoms with Crippen molar-refractivity contribution in [3.63, 3.8) is 0 Å². The molecule has 2 heterocycles. The molecule has 0 unspecified atom stereocenters. The van der Waals surface area contributed by atoms with Crippen molar-refractivity contribution in [3.05, 3.63) is 231 Å². The lowest BCUT2D eigenvalue weighted by Crippen LogP contribution is -1.93. The van der Waals surface area contributed by atoms with Crippen molar-refractivity contribution in [2.45, 2.75) is 0 Å². The van der Waals surface area contributed by atoms with Crippen molar-refractivity contribution in [1.29, 1.82) is 0 Å². The van der Waals surface area contributed by atoms with E-state index in [4.69, 9.17) is 0 Å². The molecule has 60 heavy (non-hydrogen) atoms. The highest BCUT2D eigenvalue weighted by Crippen LogP contribution is 2.40. The Morgan fingerprint density at radius 3 is 0.933 bits per heavy atom. The van der Waals surface area contributed by atoms with Crippen LogP contribution >= 0.6 is 0 Å². The maximum atomic E-state index is 2.38. The SMILES string of the molecule is c1ccc(-n2c3ccccc3c3ccc(-c4ccc(-c5ccc(-c6ccc(-c7ccc8c9ccccc9n(-c9ccccc9)c8c7)cc6)c6ccccc56)cc4)cc32)cc1. The number of hydrogen-bond acceptors (Lipinski definition) is 0. The van der Waals surface area contributed by atoms with E-state index in [9.17, 15) is 0 Å². The molecule has 280 valence electrons. The number of aromatic nitrogens is 2. The van der Waals surface area contributed by atoms with Gasteiger partial charge in [0.2, 0.25) is 0 Å². The number of rotatable bonds is 6. The summed E-state index contributed by atoms with van der Waals surface area (Å²) in [5, 5.41) is 7.57. The first-order valence-corrected chi connectivity index (χ1v) is 20.7. The number of benzene rings is 10. The normalized spacial score (nSPS) is 11.7. The van der Waals surface area contributed by atoms with Crippen LogP contribution in [0.4, 0.5) is 0 Å². The Hall–Kier alpha value is -7.94. The van der Waals surface area contributed by atoms with Gasteiger partial charge in [-0.2, -0.15) is 0 Å². The fourth-order valence-electron chi connectivity index (χ4n) is 9.50. The first-order valence-electron chi connectivity index (χ1n) is 20.7. The van der Waals surface area contributed by atoms with Crippen LogP contribution in [0.1, 0.15) is 0 Å². The van der Waals surface area contributed by atoms with Gasteiger partial charge in [-0.3, -0.25) is 0 Å². The van der Waals surface area contributed by atoms with Crippen molar-refractivity contribution in [2.24, 2.45) is 0 Å². The van der Waals surface area contributed by atoms with Crippen LogP contribution in [0.2, 0.25) is 0 Å². The Labute approximate surface area is 348 Å². The molecule has 0 aliphatic carbocycles. The molecule has 0 bridgehead atoms. The molecule has 0 saturated heterocycles. The summed E-state index contributed by atoms with van der Waals surface area (Å²) < 4.78 is 4.77. The molecule has 12 aromatic rings. The topological polar surface area (TPSA) is 9.86 Å². The average Bonchev–Trinajstić information content (AvgIpc) is 3.84. The van der Waals surface area contributed by atoms with Crippen LogP contribution in [0.25, 0.3) is 110 Å². The fourth-order valence-corrected chi connectivity index (χ4v) is 9.50. The highest BCUT2D eigenvalue weighted by atomic mass is 15.0. The standard InChI is InChI=1S/C58H38N2/c1-3-13-45(14-4-1)59-55-21-11-9-19-51(55)53-33-31-43(37-57(53)59)39-23-27-41(28-24-39)47-35-36-48(50-18-8-7-17-49(47)50)42-29-25-40(26-30-42)44-32-34-54-52-20-10-12-22-56(52)60(58(54)38-44)46-15-5-2-6-16-46/h1-38H. The molecule has 0 fully saturated rings. The molecule has 0 spiro atoms. The van der Waals surface area contributed by atoms with Gasteiger partial charge in [0, 0.05) is 32.9 Å². The summed E-state index contributed by atoms with van der Waals surface area (Å²) in [6, 6.07) is 84.1. The van der Waals surface area contributed by atoms with Crippen LogP contribution in [0.15, 0.2) is 231 Å². The van der Waals surface area contributed by atoms with Crippen LogP contribution in [0, 0.1) is 0 Å². The number of para-hydroxylation sites is 4. The predicted octanol–water partition coefficient (Wildman–Crippen LogP) is 15.7. The molecule has 2 aromatic heterocycles. The van der Waals surface area contributed by atoms with E-state index in [0.717, 1.165) is 0 Å². The highest BCUT2D eigenvalue weighted by molar-refractivity contribution is 6.12. The van der Waals surface area contributed by atoms with Gasteiger partial charge in [-0.15, -0.1) is 0 Å². The molecule has 0 radical (unpaired) electrons. The lowest BCUT2D eigenvalue weighted by molar-refractivity contribution is 1.18. The Kier molecular flexibility index (Phi) is 7.89. The smallest absolute Gasteiger partial charge is 0.0547 e. The lowest BCUT2D eigenvalue weighted by Gasteiger charge is -2.14. The third kappa shape index (κ3) is 5.50. The summed E-state index contributed by atoms with van der Waals surface area (Å²) >= 11 is 0. The Bertz CT molecular complexity index is 3320. The van der Waals surface area contributed by atoms with Crippen LogP contribution in [-0.4, -0.2) is 9.13 Å². The minimum atomic E-state index is 1.17. The first kappa shape index (κ1) is 34.1. The van der Waals surface area contributed by atoms with Gasteiger partial charge < -0.3 is 9.13 Å². The average molecular weight is 763 g/mol. The van der Waals surface area contributed by atoms with E-state index in [1.165, 1.54) is 110 Å². The molecule has 0 N–H and O–H groups in total. The van der Waals surface area contributed by atoms with Gasteiger partial charge in [0.05, 0.1) is 22.1 Å². The molecule has 2 heteroatoms. The Morgan fingerprint density at radius 2 is 0.517 bits per heavy atom. The molecule has 12 rings (SSSR count). The predicted molar refractivity (Wildman–Crippen MR) is 254 cm³/mol. The maximum Gasteiger partial charge on any atom is 0.0547 e. The molecule has 0 aliphatic heterocycles. The van der Waals surface area contributed by atoms with Crippen molar-refractivity contribution in [1.82, 2.24) is 9.13 Å². The molecule has 0 atom stereocenters. The largest absolute Gasteiger partial charge is 0.309 e. The first-order chi connectivity index (χ1) is 29.8. The summed E-state index contributed by atoms with van der Waals surface area (Å²) in [6.07, 6.45) is 0. The zero-order valence-electron chi connectivity index (χ0n) is 32.8. The lowest BCUT2D eigenvalue weighted by atomic mass is 9.91. The van der Waals surface area contributed by atoms with E-state index < -0.39 is 0 Å². The fraction of sp³-hybridized carbons (Fsp3) is 0. The minimum Gasteiger partial charge on any atom is -0.309 e. The molecule has 0 amide bonds. The third-order valence-electron chi connectivity index (χ3n) is 12.4. The van der Waals surface area contributed by atoms with E-state index in [1.54, 1.807) is 0 Å². The summed E-state index contributed by atoms with van der Waals surface area (Å²) in [5.41, 5.74) is 16.9. The molecule has 10 aromatic carbocycles. The monoisotopic (exact) mass is 762 g/mol. The van der Waals surface area contributed by atoms with Crippen LogP contribution in [0.3, 0.4) is 0 Å². The molecule has 0 aliphatic rings. The molecule has 2 nitrogen and oxygen atoms in total. The molecule has 0 saturated carbocycles. The van der Waals surface area contributed by atoms with Gasteiger partial charge >= 0.3 is 0 Å². The van der Waals surface area contributed by atoms with E-state index in [1.807, 2.05) is 0 Å². The number of nitrogens with zero attached hydrogens (tertiary/aromatic N) is 2. The Morgan fingerprint density at radius 1 is 0.200 bits per heavy atom. The van der Waals surface area contributed by atoms with Gasteiger partial charge in [0.15, 0.2) is 0 Å². The van der Waals surface area contributed by atoms with Gasteiger partial charge in [-0.25, -0.2) is 0 Å². The highest BCUT2D eigenvalue weighted by Gasteiger charge is 2.16. The second-order valence-corrected chi connectivity index (χ2v) is 15.7. The zero-order chi connectivity index (χ0) is 39.6. The van der Waals surface area contributed by atoms with Gasteiger partial charge in [0.25, 0.3) is 0 Å². The van der Waals surface area contributed by atoms with Crippen LogP contribution < -0.4 is 0 Å². The molecular formula is C58H38N2. The van der Waals surface area contributed by atoms with Crippen molar-refractivity contribution in [3.8, 4) is 55.9 Å². The van der Waals surface area contributed by atoms with E-state index >= 15 is 0 Å². The quantitative estimate of drug-likeness (QED) is 0.160. The minimum absolute atomic E-state index is 1.17. The second kappa shape index (κ2) is 13.9. The second-order valence-electron chi connectivity index (χ2n) is 15.7. The maximum absolute atomic E-state index is 2.38.